The fourth-order valence-corrected chi connectivity index (χ4v) is 3.22. The smallest absolute Gasteiger partial charge is 0.241 e. The number of piperazine rings is 1. The summed E-state index contributed by atoms with van der Waals surface area (Å²) in [6, 6.07) is 7.69. The molecule has 0 N–H and O–H groups in total. The summed E-state index contributed by atoms with van der Waals surface area (Å²) in [6.07, 6.45) is 7.40. The molecule has 0 spiro atoms. The van der Waals surface area contributed by atoms with Crippen molar-refractivity contribution in [1.29, 1.82) is 0 Å². The maximum Gasteiger partial charge on any atom is 0.241 e. The second-order valence-corrected chi connectivity index (χ2v) is 6.42. The van der Waals surface area contributed by atoms with Crippen molar-refractivity contribution in [3.8, 4) is 11.5 Å². The lowest BCUT2D eigenvalue weighted by Gasteiger charge is -2.33. The Kier molecular flexibility index (Phi) is 3.98. The second-order valence-electron chi connectivity index (χ2n) is 6.42. The normalized spacial score (nSPS) is 15.5. The van der Waals surface area contributed by atoms with Gasteiger partial charge < -0.3 is 13.8 Å². The van der Waals surface area contributed by atoms with Crippen molar-refractivity contribution in [3.63, 3.8) is 0 Å². The van der Waals surface area contributed by atoms with Crippen molar-refractivity contribution in [3.05, 3.63) is 54.9 Å². The van der Waals surface area contributed by atoms with Crippen LogP contribution in [0.4, 0.5) is 5.95 Å². The third kappa shape index (κ3) is 3.24. The Morgan fingerprint density at radius 2 is 1.81 bits per heavy atom. The molecule has 0 aliphatic carbocycles. The molecule has 1 fully saturated rings. The Balaban J connectivity index is 1.24. The molecule has 4 aromatic heterocycles. The summed E-state index contributed by atoms with van der Waals surface area (Å²) in [5.74, 6) is 1.90. The summed E-state index contributed by atoms with van der Waals surface area (Å²) < 4.78 is 7.38. The van der Waals surface area contributed by atoms with Crippen molar-refractivity contribution < 1.29 is 4.52 Å². The van der Waals surface area contributed by atoms with Gasteiger partial charge in [0.05, 0.1) is 6.54 Å². The Labute approximate surface area is 155 Å². The maximum atomic E-state index is 5.44. The SMILES string of the molecule is c1cnc(N2CCN(Cc3nc(-c4cn5ccccc5n4)no3)CC2)nc1. The molecule has 0 bridgehead atoms. The average molecular weight is 362 g/mol. The van der Waals surface area contributed by atoms with E-state index in [4.69, 9.17) is 4.52 Å². The van der Waals surface area contributed by atoms with Crippen LogP contribution in [-0.4, -0.2) is 60.6 Å². The van der Waals surface area contributed by atoms with Gasteiger partial charge in [-0.25, -0.2) is 15.0 Å². The van der Waals surface area contributed by atoms with Crippen LogP contribution >= 0.6 is 0 Å². The third-order valence-electron chi connectivity index (χ3n) is 4.63. The van der Waals surface area contributed by atoms with Crippen LogP contribution in [0, 0.1) is 0 Å². The Morgan fingerprint density at radius 3 is 2.63 bits per heavy atom. The van der Waals surface area contributed by atoms with E-state index in [9.17, 15) is 0 Å². The van der Waals surface area contributed by atoms with Crippen LogP contribution < -0.4 is 4.90 Å². The second kappa shape index (κ2) is 6.76. The van der Waals surface area contributed by atoms with Crippen LogP contribution in [0.3, 0.4) is 0 Å². The van der Waals surface area contributed by atoms with Crippen LogP contribution in [0.1, 0.15) is 5.89 Å². The minimum atomic E-state index is 0.519. The van der Waals surface area contributed by atoms with Crippen molar-refractivity contribution in [2.75, 3.05) is 31.1 Å². The van der Waals surface area contributed by atoms with E-state index < -0.39 is 0 Å². The van der Waals surface area contributed by atoms with Crippen LogP contribution in [0.5, 0.6) is 0 Å². The van der Waals surface area contributed by atoms with E-state index >= 15 is 0 Å². The first-order chi connectivity index (χ1) is 13.3. The van der Waals surface area contributed by atoms with E-state index in [1.807, 2.05) is 41.1 Å². The van der Waals surface area contributed by atoms with Crippen LogP contribution in [0.2, 0.25) is 0 Å². The lowest BCUT2D eigenvalue weighted by atomic mass is 10.3. The van der Waals surface area contributed by atoms with Gasteiger partial charge in [-0.05, 0) is 18.2 Å². The van der Waals surface area contributed by atoms with Gasteiger partial charge in [-0.15, -0.1) is 0 Å². The minimum absolute atomic E-state index is 0.519. The number of aromatic nitrogens is 6. The fourth-order valence-electron chi connectivity index (χ4n) is 3.22. The lowest BCUT2D eigenvalue weighted by Crippen LogP contribution is -2.46. The zero-order valence-corrected chi connectivity index (χ0v) is 14.6. The molecule has 5 heterocycles. The van der Waals surface area contributed by atoms with E-state index in [-0.39, 0.29) is 0 Å². The molecule has 1 saturated heterocycles. The summed E-state index contributed by atoms with van der Waals surface area (Å²) in [7, 11) is 0. The van der Waals surface area contributed by atoms with Crippen molar-refractivity contribution in [2.24, 2.45) is 0 Å². The Morgan fingerprint density at radius 1 is 0.963 bits per heavy atom. The molecule has 0 atom stereocenters. The molecule has 0 radical (unpaired) electrons. The average Bonchev–Trinajstić information content (AvgIpc) is 3.36. The third-order valence-corrected chi connectivity index (χ3v) is 4.63. The van der Waals surface area contributed by atoms with Crippen LogP contribution in [0.15, 0.2) is 53.6 Å². The highest BCUT2D eigenvalue weighted by Gasteiger charge is 2.21. The van der Waals surface area contributed by atoms with Gasteiger partial charge in [-0.1, -0.05) is 11.2 Å². The van der Waals surface area contributed by atoms with Gasteiger partial charge in [0, 0.05) is 51.0 Å². The van der Waals surface area contributed by atoms with E-state index in [2.05, 4.69) is 34.9 Å². The first kappa shape index (κ1) is 15.9. The molecule has 1 aliphatic heterocycles. The van der Waals surface area contributed by atoms with Crippen LogP contribution in [-0.2, 0) is 6.54 Å². The van der Waals surface area contributed by atoms with Gasteiger partial charge in [0.25, 0.3) is 0 Å². The number of imidazole rings is 1. The number of anilines is 1. The number of nitrogens with zero attached hydrogens (tertiary/aromatic N) is 8. The summed E-state index contributed by atoms with van der Waals surface area (Å²) in [6.45, 7) is 4.16. The highest BCUT2D eigenvalue weighted by Crippen LogP contribution is 2.17. The quantitative estimate of drug-likeness (QED) is 0.540. The first-order valence-corrected chi connectivity index (χ1v) is 8.86. The largest absolute Gasteiger partial charge is 0.338 e. The molecule has 4 aromatic rings. The zero-order chi connectivity index (χ0) is 18.1. The van der Waals surface area contributed by atoms with E-state index in [0.29, 0.717) is 24.0 Å². The molecule has 0 aromatic carbocycles. The van der Waals surface area contributed by atoms with Gasteiger partial charge in [0.2, 0.25) is 17.7 Å². The number of hydrogen-bond donors (Lipinski definition) is 0. The Bertz CT molecular complexity index is 1000. The molecule has 5 rings (SSSR count). The predicted octanol–water partition coefficient (Wildman–Crippen LogP) is 1.50. The van der Waals surface area contributed by atoms with Gasteiger partial charge in [-0.2, -0.15) is 4.98 Å². The van der Waals surface area contributed by atoms with Gasteiger partial charge in [-0.3, -0.25) is 4.90 Å². The lowest BCUT2D eigenvalue weighted by molar-refractivity contribution is 0.214. The number of pyridine rings is 1. The maximum absolute atomic E-state index is 5.44. The van der Waals surface area contributed by atoms with Crippen LogP contribution in [0.25, 0.3) is 17.2 Å². The van der Waals surface area contributed by atoms with E-state index in [0.717, 1.165) is 37.8 Å². The van der Waals surface area contributed by atoms with E-state index in [1.165, 1.54) is 0 Å². The highest BCUT2D eigenvalue weighted by atomic mass is 16.5. The van der Waals surface area contributed by atoms with Crippen molar-refractivity contribution in [1.82, 2.24) is 34.4 Å². The van der Waals surface area contributed by atoms with Crippen molar-refractivity contribution >= 4 is 11.6 Å². The monoisotopic (exact) mass is 362 g/mol. The van der Waals surface area contributed by atoms with Gasteiger partial charge >= 0.3 is 0 Å². The number of hydrogen-bond acceptors (Lipinski definition) is 8. The Hall–Kier alpha value is -3.33. The summed E-state index contributed by atoms with van der Waals surface area (Å²) in [4.78, 5) is 22.1. The summed E-state index contributed by atoms with van der Waals surface area (Å²) in [5, 5.41) is 4.09. The standard InChI is InChI=1S/C18H18N8O/c1-2-7-26-12-14(21-15(26)4-1)17-22-16(27-23-17)13-24-8-10-25(11-9-24)18-19-5-3-6-20-18/h1-7,12H,8-11,13H2. The molecule has 1 aliphatic rings. The van der Waals surface area contributed by atoms with E-state index in [1.54, 1.807) is 12.4 Å². The summed E-state index contributed by atoms with van der Waals surface area (Å²) >= 11 is 0. The topological polar surface area (TPSA) is 88.5 Å². The zero-order valence-electron chi connectivity index (χ0n) is 14.6. The summed E-state index contributed by atoms with van der Waals surface area (Å²) in [5.41, 5.74) is 1.57. The number of fused-ring (bicyclic) bond motifs is 1. The minimum Gasteiger partial charge on any atom is -0.338 e. The molecule has 27 heavy (non-hydrogen) atoms. The molecule has 136 valence electrons. The molecular formula is C18H18N8O. The number of rotatable bonds is 4. The first-order valence-electron chi connectivity index (χ1n) is 8.86. The molecule has 9 nitrogen and oxygen atoms in total. The predicted molar refractivity (Wildman–Crippen MR) is 98.0 cm³/mol. The molecular weight excluding hydrogens is 344 g/mol. The molecule has 0 unspecified atom stereocenters. The van der Waals surface area contributed by atoms with Gasteiger partial charge in [0.1, 0.15) is 11.3 Å². The highest BCUT2D eigenvalue weighted by molar-refractivity contribution is 5.54. The van der Waals surface area contributed by atoms with Crippen molar-refractivity contribution in [2.45, 2.75) is 6.54 Å². The fraction of sp³-hybridized carbons (Fsp3) is 0.278. The molecule has 0 saturated carbocycles. The molecule has 0 amide bonds. The van der Waals surface area contributed by atoms with Gasteiger partial charge in [0.15, 0.2) is 0 Å². The molecule has 9 heteroatoms.